The molecule has 104 valence electrons. The van der Waals surface area contributed by atoms with Crippen molar-refractivity contribution in [3.05, 3.63) is 39.5 Å². The Bertz CT molecular complexity index is 710. The molecule has 0 saturated carbocycles. The zero-order valence-corrected chi connectivity index (χ0v) is 13.1. The third kappa shape index (κ3) is 2.58. The second-order valence-electron chi connectivity index (χ2n) is 4.39. The maximum Gasteiger partial charge on any atom is 0.339 e. The number of ether oxygens (including phenoxy) is 1. The van der Waals surface area contributed by atoms with E-state index in [1.54, 1.807) is 26.0 Å². The minimum atomic E-state index is -0.494. The van der Waals surface area contributed by atoms with Crippen LogP contribution in [0.25, 0.3) is 10.9 Å². The topological polar surface area (TPSA) is 56.3 Å². The Balaban J connectivity index is 2.88. The van der Waals surface area contributed by atoms with Crippen LogP contribution in [0.1, 0.15) is 40.3 Å². The number of hydrogen-bond donors (Lipinski definition) is 0. The highest BCUT2D eigenvalue weighted by Crippen LogP contribution is 2.27. The molecule has 0 aliphatic rings. The number of hydrogen-bond acceptors (Lipinski definition) is 4. The number of ketones is 1. The van der Waals surface area contributed by atoms with Crippen LogP contribution in [-0.4, -0.2) is 23.3 Å². The number of carbonyl (C=O) groups is 2. The molecule has 1 heterocycles. The van der Waals surface area contributed by atoms with E-state index in [0.29, 0.717) is 27.7 Å². The van der Waals surface area contributed by atoms with Crippen LogP contribution in [-0.2, 0) is 4.74 Å². The summed E-state index contributed by atoms with van der Waals surface area (Å²) >= 11 is 3.37. The van der Waals surface area contributed by atoms with Crippen LogP contribution in [0, 0.1) is 6.92 Å². The molecule has 4 nitrogen and oxygen atoms in total. The minimum Gasteiger partial charge on any atom is -0.462 e. The van der Waals surface area contributed by atoms with Crippen LogP contribution in [0.3, 0.4) is 0 Å². The summed E-state index contributed by atoms with van der Waals surface area (Å²) in [6.07, 6.45) is 0. The second kappa shape index (κ2) is 5.71. The Morgan fingerprint density at radius 3 is 2.60 bits per heavy atom. The lowest BCUT2D eigenvalue weighted by atomic mass is 9.98. The molecular weight excluding hydrogens is 322 g/mol. The van der Waals surface area contributed by atoms with Gasteiger partial charge in [0.15, 0.2) is 5.78 Å². The molecule has 0 fully saturated rings. The SMILES string of the molecule is CCOC(=O)c1c(C(C)=O)c(C)nc2ccc(Br)cc12. The van der Waals surface area contributed by atoms with Crippen molar-refractivity contribution < 1.29 is 14.3 Å². The Hall–Kier alpha value is -1.75. The average Bonchev–Trinajstić information content (AvgIpc) is 2.37. The fourth-order valence-corrected chi connectivity index (χ4v) is 2.57. The van der Waals surface area contributed by atoms with Gasteiger partial charge < -0.3 is 4.74 Å². The first-order chi connectivity index (χ1) is 9.45. The number of rotatable bonds is 3. The van der Waals surface area contributed by atoms with Gasteiger partial charge in [-0.15, -0.1) is 0 Å². The molecule has 0 unspecified atom stereocenters. The molecule has 0 spiro atoms. The Morgan fingerprint density at radius 2 is 2.00 bits per heavy atom. The fourth-order valence-electron chi connectivity index (χ4n) is 2.20. The van der Waals surface area contributed by atoms with Gasteiger partial charge in [-0.25, -0.2) is 4.79 Å². The van der Waals surface area contributed by atoms with Crippen molar-refractivity contribution in [3.63, 3.8) is 0 Å². The number of Topliss-reactive ketones (excluding diaryl/α,β-unsaturated/α-hetero) is 1. The smallest absolute Gasteiger partial charge is 0.339 e. The number of fused-ring (bicyclic) bond motifs is 1. The van der Waals surface area contributed by atoms with Gasteiger partial charge in [0.25, 0.3) is 0 Å². The van der Waals surface area contributed by atoms with Gasteiger partial charge in [0.05, 0.1) is 23.3 Å². The van der Waals surface area contributed by atoms with Crippen molar-refractivity contribution in [2.75, 3.05) is 6.61 Å². The molecule has 2 rings (SSSR count). The first kappa shape index (κ1) is 14.7. The Labute approximate surface area is 125 Å². The molecule has 1 aromatic heterocycles. The molecule has 5 heteroatoms. The fraction of sp³-hybridized carbons (Fsp3) is 0.267. The van der Waals surface area contributed by atoms with Gasteiger partial charge in [0.2, 0.25) is 0 Å². The van der Waals surface area contributed by atoms with Crippen molar-refractivity contribution in [2.45, 2.75) is 20.8 Å². The van der Waals surface area contributed by atoms with Crippen molar-refractivity contribution in [1.82, 2.24) is 4.98 Å². The summed E-state index contributed by atoms with van der Waals surface area (Å²) in [7, 11) is 0. The number of aromatic nitrogens is 1. The van der Waals surface area contributed by atoms with Crippen molar-refractivity contribution in [3.8, 4) is 0 Å². The van der Waals surface area contributed by atoms with Crippen LogP contribution < -0.4 is 0 Å². The molecular formula is C15H14BrNO3. The molecule has 0 amide bonds. The number of nitrogens with zero attached hydrogens (tertiary/aromatic N) is 1. The number of esters is 1. The largest absolute Gasteiger partial charge is 0.462 e. The standard InChI is InChI=1S/C15H14BrNO3/c1-4-20-15(19)14-11-7-10(16)5-6-12(11)17-8(2)13(14)9(3)18/h5-7H,4H2,1-3H3. The third-order valence-electron chi connectivity index (χ3n) is 2.96. The van der Waals surface area contributed by atoms with E-state index in [-0.39, 0.29) is 12.4 Å². The molecule has 1 aromatic carbocycles. The van der Waals surface area contributed by atoms with Crippen molar-refractivity contribution in [1.29, 1.82) is 0 Å². The van der Waals surface area contributed by atoms with Gasteiger partial charge >= 0.3 is 5.97 Å². The molecule has 0 atom stereocenters. The summed E-state index contributed by atoms with van der Waals surface area (Å²) in [6.45, 7) is 5.14. The van der Waals surface area contributed by atoms with E-state index in [2.05, 4.69) is 20.9 Å². The van der Waals surface area contributed by atoms with Gasteiger partial charge in [0.1, 0.15) is 0 Å². The zero-order chi connectivity index (χ0) is 14.9. The predicted molar refractivity (Wildman–Crippen MR) is 80.1 cm³/mol. The number of carbonyl (C=O) groups excluding carboxylic acids is 2. The number of benzene rings is 1. The van der Waals surface area contributed by atoms with Crippen LogP contribution in [0.4, 0.5) is 0 Å². The molecule has 2 aromatic rings. The Morgan fingerprint density at radius 1 is 1.30 bits per heavy atom. The van der Waals surface area contributed by atoms with Gasteiger partial charge in [-0.2, -0.15) is 0 Å². The summed E-state index contributed by atoms with van der Waals surface area (Å²) in [4.78, 5) is 28.5. The van der Waals surface area contributed by atoms with Gasteiger partial charge in [-0.3, -0.25) is 9.78 Å². The van der Waals surface area contributed by atoms with Gasteiger partial charge in [-0.05, 0) is 39.0 Å². The summed E-state index contributed by atoms with van der Waals surface area (Å²) < 4.78 is 5.90. The zero-order valence-electron chi connectivity index (χ0n) is 11.5. The van der Waals surface area contributed by atoms with Gasteiger partial charge in [0, 0.05) is 15.6 Å². The molecule has 0 radical (unpaired) electrons. The van der Waals surface area contributed by atoms with Crippen LogP contribution >= 0.6 is 15.9 Å². The highest BCUT2D eigenvalue weighted by molar-refractivity contribution is 9.10. The minimum absolute atomic E-state index is 0.195. The van der Waals surface area contributed by atoms with E-state index in [1.165, 1.54) is 6.92 Å². The summed E-state index contributed by atoms with van der Waals surface area (Å²) in [5.74, 6) is -0.689. The number of pyridine rings is 1. The van der Waals surface area contributed by atoms with Crippen LogP contribution in [0.5, 0.6) is 0 Å². The maximum absolute atomic E-state index is 12.2. The van der Waals surface area contributed by atoms with Gasteiger partial charge in [-0.1, -0.05) is 15.9 Å². The molecule has 0 saturated heterocycles. The quantitative estimate of drug-likeness (QED) is 0.634. The van der Waals surface area contributed by atoms with E-state index in [4.69, 9.17) is 4.74 Å². The number of aryl methyl sites for hydroxylation is 1. The lowest BCUT2D eigenvalue weighted by Gasteiger charge is -2.12. The molecule has 0 aliphatic heterocycles. The monoisotopic (exact) mass is 335 g/mol. The van der Waals surface area contributed by atoms with E-state index in [0.717, 1.165) is 4.47 Å². The lowest BCUT2D eigenvalue weighted by Crippen LogP contribution is -2.14. The van der Waals surface area contributed by atoms with Crippen molar-refractivity contribution in [2.24, 2.45) is 0 Å². The van der Waals surface area contributed by atoms with E-state index >= 15 is 0 Å². The third-order valence-corrected chi connectivity index (χ3v) is 3.45. The lowest BCUT2D eigenvalue weighted by molar-refractivity contribution is 0.0525. The Kier molecular flexibility index (Phi) is 4.18. The highest BCUT2D eigenvalue weighted by Gasteiger charge is 2.22. The summed E-state index contributed by atoms with van der Waals surface area (Å²) in [5.41, 5.74) is 1.83. The second-order valence-corrected chi connectivity index (χ2v) is 5.30. The highest BCUT2D eigenvalue weighted by atomic mass is 79.9. The number of halogens is 1. The molecule has 0 aliphatic carbocycles. The normalized spacial score (nSPS) is 10.6. The first-order valence-corrected chi connectivity index (χ1v) is 7.03. The van der Waals surface area contributed by atoms with Crippen LogP contribution in [0.15, 0.2) is 22.7 Å². The molecule has 20 heavy (non-hydrogen) atoms. The molecule has 0 N–H and O–H groups in total. The van der Waals surface area contributed by atoms with Crippen LogP contribution in [0.2, 0.25) is 0 Å². The predicted octanol–water partition coefficient (Wildman–Crippen LogP) is 3.69. The summed E-state index contributed by atoms with van der Waals surface area (Å²) in [6, 6.07) is 5.43. The van der Waals surface area contributed by atoms with E-state index in [1.807, 2.05) is 6.07 Å². The molecule has 0 bridgehead atoms. The average molecular weight is 336 g/mol. The van der Waals surface area contributed by atoms with E-state index < -0.39 is 5.97 Å². The van der Waals surface area contributed by atoms with Crippen molar-refractivity contribution >= 4 is 38.6 Å². The maximum atomic E-state index is 12.2. The summed E-state index contributed by atoms with van der Waals surface area (Å²) in [5, 5.41) is 0.619. The first-order valence-electron chi connectivity index (χ1n) is 6.23. The van der Waals surface area contributed by atoms with E-state index in [9.17, 15) is 9.59 Å².